The van der Waals surface area contributed by atoms with E-state index in [4.69, 9.17) is 0 Å². The summed E-state index contributed by atoms with van der Waals surface area (Å²) >= 11 is 0. The molecule has 0 aromatic rings. The second kappa shape index (κ2) is 24.1. The monoisotopic (exact) mass is 254 g/mol. The molecule has 0 amide bonds. The van der Waals surface area contributed by atoms with E-state index in [0.717, 1.165) is 0 Å². The molecule has 24 valence electrons. The molecule has 0 aliphatic heterocycles. The van der Waals surface area contributed by atoms with Crippen molar-refractivity contribution in [2.75, 3.05) is 0 Å². The number of hydrogen-bond donors (Lipinski definition) is 0. The average Bonchev–Trinajstić information content (AvgIpc) is 0. The van der Waals surface area contributed by atoms with Crippen molar-refractivity contribution in [2.24, 2.45) is 0 Å². The van der Waals surface area contributed by atoms with Gasteiger partial charge in [-0.05, 0) is 0 Å². The first kappa shape index (κ1) is 35.1. The van der Waals surface area contributed by atoms with E-state index in [1.165, 1.54) is 0 Å². The first-order chi connectivity index (χ1) is 0. The molecule has 0 radical (unpaired) electrons. The summed E-state index contributed by atoms with van der Waals surface area (Å²) in [5, 5.41) is 0. The van der Waals surface area contributed by atoms with Crippen LogP contribution in [0.1, 0.15) is 0 Å². The number of hydrogen-bond acceptors (Lipinski definition) is 0. The van der Waals surface area contributed by atoms with Crippen molar-refractivity contribution >= 4 is 0 Å². The molecule has 0 bridgehead atoms. The van der Waals surface area contributed by atoms with Crippen LogP contribution in [0.25, 0.3) is 0 Å². The molecule has 0 aromatic carbocycles. The molecule has 0 aliphatic carbocycles. The van der Waals surface area contributed by atoms with E-state index in [9.17, 15) is 0 Å². The summed E-state index contributed by atoms with van der Waals surface area (Å²) in [6, 6.07) is 0. The van der Waals surface area contributed by atoms with Crippen molar-refractivity contribution in [3.05, 3.63) is 0 Å². The molecule has 0 aromatic heterocycles. The molecular weight excluding hydrogens is 254 g/mol. The van der Waals surface area contributed by atoms with Crippen LogP contribution in [0.5, 0.6) is 0 Å². The fourth-order valence-corrected chi connectivity index (χ4v) is 0. The van der Waals surface area contributed by atoms with Gasteiger partial charge in [-0.3, -0.25) is 0 Å². The van der Waals surface area contributed by atoms with Gasteiger partial charge in [0.05, 0.1) is 0 Å². The van der Waals surface area contributed by atoms with E-state index >= 15 is 0 Å². The van der Waals surface area contributed by atoms with Gasteiger partial charge < -0.3 is 39.4 Å². The predicted molar refractivity (Wildman–Crippen MR) is 3.61 cm³/mol. The van der Waals surface area contributed by atoms with Crippen LogP contribution in [0.15, 0.2) is 0 Å². The van der Waals surface area contributed by atoms with E-state index in [2.05, 4.69) is 0 Å². The van der Waals surface area contributed by atoms with Gasteiger partial charge in [-0.15, -0.1) is 0 Å². The molecule has 0 saturated heterocycles. The maximum absolute atomic E-state index is 0. The van der Waals surface area contributed by atoms with Gasteiger partial charge in [0.1, 0.15) is 0 Å². The van der Waals surface area contributed by atoms with Crippen molar-refractivity contribution in [1.29, 1.82) is 0 Å². The normalized spacial score (nSPS) is 0. The van der Waals surface area contributed by atoms with Crippen LogP contribution in [0, 0.1) is 0 Å². The van der Waals surface area contributed by atoms with Gasteiger partial charge in [-0.2, -0.15) is 0 Å². The molecule has 0 fully saturated rings. The molecule has 0 rings (SSSR count). The quantitative estimate of drug-likeness (QED) is 0.385. The smallest absolute Gasteiger partial charge is 1.00 e. The van der Waals surface area contributed by atoms with Crippen LogP contribution in [0.2, 0.25) is 0 Å². The SMILES string of the molecule is O.[Br-].[Br-].[K+].[K+]. The van der Waals surface area contributed by atoms with Crippen molar-refractivity contribution < 1.29 is 142 Å². The molecule has 0 unspecified atom stereocenters. The summed E-state index contributed by atoms with van der Waals surface area (Å²) < 4.78 is 0. The molecule has 5 heavy (non-hydrogen) atoms. The topological polar surface area (TPSA) is 31.5 Å². The standard InChI is InChI=1S/2BrH.2K.H2O/h2*1H;;;1H2/q;;2*+1;/p-2. The Morgan fingerprint density at radius 3 is 0.600 bits per heavy atom. The van der Waals surface area contributed by atoms with Crippen molar-refractivity contribution in [2.45, 2.75) is 0 Å². The maximum Gasteiger partial charge on any atom is 1.00 e. The Kier molecular flexibility index (Phi) is 169. The molecule has 0 saturated carbocycles. The summed E-state index contributed by atoms with van der Waals surface area (Å²) in [5.41, 5.74) is 0. The first-order valence-electron chi connectivity index (χ1n) is 0. The Labute approximate surface area is 138 Å². The molecule has 0 spiro atoms. The Hall–Kier alpha value is 4.19. The zero-order valence-electron chi connectivity index (χ0n) is 3.26. The van der Waals surface area contributed by atoms with E-state index < -0.39 is 0 Å². The average molecular weight is 256 g/mol. The van der Waals surface area contributed by atoms with Gasteiger partial charge in [0.15, 0.2) is 0 Å². The summed E-state index contributed by atoms with van der Waals surface area (Å²) in [7, 11) is 0. The van der Waals surface area contributed by atoms with Crippen LogP contribution in [0.4, 0.5) is 0 Å². The van der Waals surface area contributed by atoms with E-state index in [1.807, 2.05) is 0 Å². The minimum absolute atomic E-state index is 0. The fraction of sp³-hybridized carbons (Fsp3) is 0. The Balaban J connectivity index is 0. The largest absolute Gasteiger partial charge is 1.00 e. The molecule has 1 nitrogen and oxygen atoms in total. The van der Waals surface area contributed by atoms with Crippen LogP contribution in [-0.2, 0) is 0 Å². The minimum atomic E-state index is 0. The summed E-state index contributed by atoms with van der Waals surface area (Å²) in [6.45, 7) is 0. The second-order valence-corrected chi connectivity index (χ2v) is 0. The summed E-state index contributed by atoms with van der Waals surface area (Å²) in [5.74, 6) is 0. The molecule has 0 aliphatic rings. The van der Waals surface area contributed by atoms with E-state index in [-0.39, 0.29) is 142 Å². The Bertz CT molecular complexity index is 7.61. The van der Waals surface area contributed by atoms with Gasteiger partial charge in [-0.25, -0.2) is 0 Å². The van der Waals surface area contributed by atoms with Crippen LogP contribution >= 0.6 is 0 Å². The van der Waals surface area contributed by atoms with Gasteiger partial charge >= 0.3 is 103 Å². The van der Waals surface area contributed by atoms with E-state index in [1.54, 1.807) is 0 Å². The predicted octanol–water partition coefficient (Wildman–Crippen LogP) is -12.8. The third kappa shape index (κ3) is 17.9. The zero-order valence-corrected chi connectivity index (χ0v) is 12.7. The summed E-state index contributed by atoms with van der Waals surface area (Å²) in [4.78, 5) is 0. The van der Waals surface area contributed by atoms with Crippen molar-refractivity contribution in [3.63, 3.8) is 0 Å². The van der Waals surface area contributed by atoms with Gasteiger partial charge in [0.25, 0.3) is 0 Å². The van der Waals surface area contributed by atoms with Gasteiger partial charge in [0, 0.05) is 0 Å². The molecule has 5 heteroatoms. The number of rotatable bonds is 0. The molecule has 0 heterocycles. The Morgan fingerprint density at radius 2 is 0.600 bits per heavy atom. The zero-order chi connectivity index (χ0) is 0. The van der Waals surface area contributed by atoms with Crippen LogP contribution in [0.3, 0.4) is 0 Å². The molecular formula is H2Br2K2O. The molecule has 0 atom stereocenters. The minimum Gasteiger partial charge on any atom is -1.00 e. The maximum atomic E-state index is 0. The number of halogens is 2. The van der Waals surface area contributed by atoms with Gasteiger partial charge in [0.2, 0.25) is 0 Å². The second-order valence-electron chi connectivity index (χ2n) is 0. The van der Waals surface area contributed by atoms with Crippen LogP contribution < -0.4 is 137 Å². The fourth-order valence-electron chi connectivity index (χ4n) is 0. The van der Waals surface area contributed by atoms with E-state index in [0.29, 0.717) is 0 Å². The third-order valence-electron chi connectivity index (χ3n) is 0. The molecule has 2 N–H and O–H groups in total. The third-order valence-corrected chi connectivity index (χ3v) is 0. The summed E-state index contributed by atoms with van der Waals surface area (Å²) in [6.07, 6.45) is 0. The van der Waals surface area contributed by atoms with Crippen molar-refractivity contribution in [3.8, 4) is 0 Å². The van der Waals surface area contributed by atoms with Gasteiger partial charge in [-0.1, -0.05) is 0 Å². The van der Waals surface area contributed by atoms with Crippen LogP contribution in [-0.4, -0.2) is 5.48 Å². The Morgan fingerprint density at radius 1 is 0.600 bits per heavy atom. The van der Waals surface area contributed by atoms with Crippen molar-refractivity contribution in [1.82, 2.24) is 0 Å². The first-order valence-corrected chi connectivity index (χ1v) is 0.